The van der Waals surface area contributed by atoms with Crippen LogP contribution in [0.3, 0.4) is 0 Å². The van der Waals surface area contributed by atoms with E-state index in [2.05, 4.69) is 39.5 Å². The molecule has 3 aliphatic rings. The molecular weight excluding hydrogens is 372 g/mol. The first-order valence-corrected chi connectivity index (χ1v) is 12.2. The molecule has 30 heavy (non-hydrogen) atoms. The monoisotopic (exact) mass is 416 g/mol. The van der Waals surface area contributed by atoms with Crippen molar-refractivity contribution in [1.29, 1.82) is 0 Å². The van der Waals surface area contributed by atoms with Gasteiger partial charge in [0.05, 0.1) is 17.3 Å². The minimum atomic E-state index is -1.06. The fourth-order valence-electron chi connectivity index (χ4n) is 6.60. The van der Waals surface area contributed by atoms with Gasteiger partial charge in [0.2, 0.25) is 0 Å². The van der Waals surface area contributed by atoms with E-state index in [1.165, 1.54) is 11.1 Å². The molecule has 3 nitrogen and oxygen atoms in total. The lowest BCUT2D eigenvalue weighted by Crippen LogP contribution is -2.61. The Bertz CT molecular complexity index is 701. The molecule has 0 radical (unpaired) electrons. The van der Waals surface area contributed by atoms with Crippen molar-refractivity contribution in [1.82, 2.24) is 0 Å². The Labute approximate surface area is 184 Å². The Morgan fingerprint density at radius 1 is 1.20 bits per heavy atom. The summed E-state index contributed by atoms with van der Waals surface area (Å²) in [5.74, 6) is 0.930. The normalized spacial score (nSPS) is 39.5. The third-order valence-corrected chi connectivity index (χ3v) is 8.64. The molecule has 0 aliphatic heterocycles. The van der Waals surface area contributed by atoms with Crippen molar-refractivity contribution in [3.05, 3.63) is 35.5 Å². The lowest BCUT2D eigenvalue weighted by molar-refractivity contribution is -0.204. The number of hydrogen-bond donors (Lipinski definition) is 3. The van der Waals surface area contributed by atoms with Crippen molar-refractivity contribution in [2.45, 2.75) is 116 Å². The van der Waals surface area contributed by atoms with Gasteiger partial charge in [0.15, 0.2) is 0 Å². The fourth-order valence-corrected chi connectivity index (χ4v) is 6.60. The Hall–Kier alpha value is -0.900. The largest absolute Gasteiger partial charge is 0.393 e. The van der Waals surface area contributed by atoms with Crippen LogP contribution in [-0.2, 0) is 0 Å². The summed E-state index contributed by atoms with van der Waals surface area (Å²) < 4.78 is 0. The van der Waals surface area contributed by atoms with Crippen LogP contribution < -0.4 is 0 Å². The highest BCUT2D eigenvalue weighted by Crippen LogP contribution is 2.63. The van der Waals surface area contributed by atoms with Crippen molar-refractivity contribution in [3.8, 4) is 0 Å². The highest BCUT2D eigenvalue weighted by Gasteiger charge is 2.64. The van der Waals surface area contributed by atoms with Gasteiger partial charge in [0.25, 0.3) is 0 Å². The molecule has 3 heteroatoms. The standard InChI is InChI=1S/C27H44O3/c1-19(2)8-6-16-26(5,29)27(30)17-14-24-21(9-7-15-25(24,27)4)11-12-22-18-23(28)13-10-20(22)3/h11-12,19,23-24,28-30H,3,6-10,13-18H2,1-2,4-5H3/t23-,24?,25-,26-,27+/m0/s1. The zero-order valence-corrected chi connectivity index (χ0v) is 19.7. The maximum atomic E-state index is 11.9. The predicted molar refractivity (Wildman–Crippen MR) is 124 cm³/mol. The lowest BCUT2D eigenvalue weighted by atomic mass is 9.57. The van der Waals surface area contributed by atoms with Gasteiger partial charge < -0.3 is 15.3 Å². The van der Waals surface area contributed by atoms with Crippen LogP contribution in [0.1, 0.15) is 98.3 Å². The number of aliphatic hydroxyl groups is 3. The molecule has 3 N–H and O–H groups in total. The van der Waals surface area contributed by atoms with Gasteiger partial charge in [-0.2, -0.15) is 0 Å². The van der Waals surface area contributed by atoms with Gasteiger partial charge in [-0.25, -0.2) is 0 Å². The first kappa shape index (κ1) is 23.8. The van der Waals surface area contributed by atoms with Crippen molar-refractivity contribution in [2.24, 2.45) is 17.3 Å². The predicted octanol–water partition coefficient (Wildman–Crippen LogP) is 5.85. The summed E-state index contributed by atoms with van der Waals surface area (Å²) in [7, 11) is 0. The third kappa shape index (κ3) is 4.36. The van der Waals surface area contributed by atoms with Crippen molar-refractivity contribution < 1.29 is 15.3 Å². The van der Waals surface area contributed by atoms with Gasteiger partial charge >= 0.3 is 0 Å². The summed E-state index contributed by atoms with van der Waals surface area (Å²) in [6.07, 6.45) is 13.9. The molecular formula is C27H44O3. The van der Waals surface area contributed by atoms with E-state index in [9.17, 15) is 15.3 Å². The zero-order valence-electron chi connectivity index (χ0n) is 19.7. The quantitative estimate of drug-likeness (QED) is 0.509. The van der Waals surface area contributed by atoms with Gasteiger partial charge in [-0.15, -0.1) is 0 Å². The zero-order chi connectivity index (χ0) is 22.2. The highest BCUT2D eigenvalue weighted by atomic mass is 16.4. The number of fused-ring (bicyclic) bond motifs is 1. The summed E-state index contributed by atoms with van der Waals surface area (Å²) in [6, 6.07) is 0. The average Bonchev–Trinajstić information content (AvgIpc) is 2.95. The van der Waals surface area contributed by atoms with Crippen LogP contribution in [0.5, 0.6) is 0 Å². The topological polar surface area (TPSA) is 60.7 Å². The molecule has 0 aromatic rings. The SMILES string of the molecule is C=C1CC[C@H](O)CC1=CC=C1CCC[C@@]2(C)C1CC[C@]2(O)[C@@](C)(O)CCCC(C)C. The van der Waals surface area contributed by atoms with E-state index < -0.39 is 11.2 Å². The molecule has 3 aliphatic carbocycles. The number of allylic oxidation sites excluding steroid dienone is 4. The Morgan fingerprint density at radius 2 is 1.93 bits per heavy atom. The molecule has 0 heterocycles. The Balaban J connectivity index is 1.81. The molecule has 170 valence electrons. The van der Waals surface area contributed by atoms with E-state index in [1.54, 1.807) is 0 Å². The van der Waals surface area contributed by atoms with Gasteiger partial charge in [-0.1, -0.05) is 63.5 Å². The summed E-state index contributed by atoms with van der Waals surface area (Å²) in [5.41, 5.74) is 1.32. The number of rotatable bonds is 6. The second kappa shape index (κ2) is 8.92. The molecule has 3 rings (SSSR count). The van der Waals surface area contributed by atoms with Crippen LogP contribution in [0, 0.1) is 17.3 Å². The van der Waals surface area contributed by atoms with Crippen LogP contribution in [0.25, 0.3) is 0 Å². The van der Waals surface area contributed by atoms with Gasteiger partial charge in [-0.05, 0) is 82.1 Å². The molecule has 3 saturated carbocycles. The van der Waals surface area contributed by atoms with Crippen LogP contribution in [0.15, 0.2) is 35.5 Å². The summed E-state index contributed by atoms with van der Waals surface area (Å²) in [4.78, 5) is 0. The lowest BCUT2D eigenvalue weighted by Gasteiger charge is -2.53. The summed E-state index contributed by atoms with van der Waals surface area (Å²) in [5, 5.41) is 33.4. The highest BCUT2D eigenvalue weighted by molar-refractivity contribution is 5.37. The molecule has 0 saturated heterocycles. The molecule has 0 amide bonds. The van der Waals surface area contributed by atoms with Crippen molar-refractivity contribution >= 4 is 0 Å². The van der Waals surface area contributed by atoms with Crippen LogP contribution in [-0.4, -0.2) is 32.6 Å². The van der Waals surface area contributed by atoms with Gasteiger partial charge in [0, 0.05) is 5.41 Å². The van der Waals surface area contributed by atoms with E-state index in [0.717, 1.165) is 56.9 Å². The van der Waals surface area contributed by atoms with E-state index in [-0.39, 0.29) is 11.5 Å². The molecule has 3 fully saturated rings. The Kier molecular flexibility index (Phi) is 7.06. The second-order valence-electron chi connectivity index (χ2n) is 11.2. The third-order valence-electron chi connectivity index (χ3n) is 8.64. The smallest absolute Gasteiger partial charge is 0.0989 e. The molecule has 5 atom stereocenters. The number of aliphatic hydroxyl groups excluding tert-OH is 1. The molecule has 0 spiro atoms. The number of hydrogen-bond acceptors (Lipinski definition) is 3. The Morgan fingerprint density at radius 3 is 2.63 bits per heavy atom. The summed E-state index contributed by atoms with van der Waals surface area (Å²) in [6.45, 7) is 12.7. The van der Waals surface area contributed by atoms with E-state index in [0.29, 0.717) is 31.1 Å². The minimum absolute atomic E-state index is 0.255. The van der Waals surface area contributed by atoms with Crippen molar-refractivity contribution in [2.75, 3.05) is 0 Å². The molecule has 0 bridgehead atoms. The maximum absolute atomic E-state index is 11.9. The fraction of sp³-hybridized carbons (Fsp3) is 0.778. The van der Waals surface area contributed by atoms with Crippen molar-refractivity contribution in [3.63, 3.8) is 0 Å². The average molecular weight is 417 g/mol. The second-order valence-corrected chi connectivity index (χ2v) is 11.2. The maximum Gasteiger partial charge on any atom is 0.0989 e. The first-order valence-electron chi connectivity index (χ1n) is 12.2. The van der Waals surface area contributed by atoms with Crippen LogP contribution in [0.4, 0.5) is 0 Å². The molecule has 0 aromatic heterocycles. The van der Waals surface area contributed by atoms with E-state index in [1.807, 2.05) is 6.92 Å². The van der Waals surface area contributed by atoms with Crippen LogP contribution in [0.2, 0.25) is 0 Å². The molecule has 1 unspecified atom stereocenters. The first-order chi connectivity index (χ1) is 14.0. The van der Waals surface area contributed by atoms with Gasteiger partial charge in [-0.3, -0.25) is 0 Å². The van der Waals surface area contributed by atoms with Gasteiger partial charge in [0.1, 0.15) is 0 Å². The van der Waals surface area contributed by atoms with Crippen LogP contribution >= 0.6 is 0 Å². The summed E-state index contributed by atoms with van der Waals surface area (Å²) >= 11 is 0. The van der Waals surface area contributed by atoms with E-state index in [4.69, 9.17) is 0 Å². The minimum Gasteiger partial charge on any atom is -0.393 e. The van der Waals surface area contributed by atoms with E-state index >= 15 is 0 Å². The molecule has 0 aromatic carbocycles.